The van der Waals surface area contributed by atoms with Gasteiger partial charge in [0.25, 0.3) is 11.8 Å². The van der Waals surface area contributed by atoms with Crippen LogP contribution in [-0.2, 0) is 17.8 Å². The van der Waals surface area contributed by atoms with Gasteiger partial charge in [-0.05, 0) is 27.6 Å². The zero-order chi connectivity index (χ0) is 21.5. The van der Waals surface area contributed by atoms with Crippen molar-refractivity contribution < 1.29 is 9.59 Å². The average molecular weight is 479 g/mol. The predicted molar refractivity (Wildman–Crippen MR) is 120 cm³/mol. The number of aromatic nitrogens is 4. The SMILES string of the molecule is CN1C(=O)C(NC(=O)c2nnc(Cc3ccccc3)[nH]2)Cn2cc(Br)c3cccc1c32. The fourth-order valence-electron chi connectivity index (χ4n) is 3.94. The lowest BCUT2D eigenvalue weighted by Crippen LogP contribution is -2.48. The Morgan fingerprint density at radius 1 is 1.19 bits per heavy atom. The van der Waals surface area contributed by atoms with E-state index in [2.05, 4.69) is 36.4 Å². The molecule has 31 heavy (non-hydrogen) atoms. The first-order valence-electron chi connectivity index (χ1n) is 9.82. The zero-order valence-electron chi connectivity index (χ0n) is 16.7. The number of carbonyl (C=O) groups is 2. The smallest absolute Gasteiger partial charge is 0.289 e. The van der Waals surface area contributed by atoms with E-state index >= 15 is 0 Å². The van der Waals surface area contributed by atoms with Crippen LogP contribution in [-0.4, -0.2) is 44.7 Å². The fourth-order valence-corrected chi connectivity index (χ4v) is 4.51. The fraction of sp³-hybridized carbons (Fsp3) is 0.182. The van der Waals surface area contributed by atoms with Crippen LogP contribution in [0.2, 0.25) is 0 Å². The number of likely N-dealkylation sites (N-methyl/N-ethyl adjacent to an activating group) is 1. The molecule has 1 unspecified atom stereocenters. The summed E-state index contributed by atoms with van der Waals surface area (Å²) in [6, 6.07) is 14.9. The highest BCUT2D eigenvalue weighted by molar-refractivity contribution is 9.10. The lowest BCUT2D eigenvalue weighted by atomic mass is 10.1. The molecule has 4 aromatic rings. The number of nitrogens with one attached hydrogen (secondary N) is 2. The number of anilines is 1. The van der Waals surface area contributed by atoms with Crippen LogP contribution < -0.4 is 10.2 Å². The van der Waals surface area contributed by atoms with E-state index in [0.29, 0.717) is 18.8 Å². The van der Waals surface area contributed by atoms with E-state index in [9.17, 15) is 9.59 Å². The van der Waals surface area contributed by atoms with Crippen LogP contribution in [0.3, 0.4) is 0 Å². The van der Waals surface area contributed by atoms with E-state index in [4.69, 9.17) is 0 Å². The number of amides is 2. The van der Waals surface area contributed by atoms with Crippen LogP contribution in [0.1, 0.15) is 22.0 Å². The quantitative estimate of drug-likeness (QED) is 0.471. The lowest BCUT2D eigenvalue weighted by molar-refractivity contribution is -0.120. The van der Waals surface area contributed by atoms with Crippen LogP contribution in [0.5, 0.6) is 0 Å². The summed E-state index contributed by atoms with van der Waals surface area (Å²) in [7, 11) is 1.72. The predicted octanol–water partition coefficient (Wildman–Crippen LogP) is 2.89. The van der Waals surface area contributed by atoms with Crippen LogP contribution >= 0.6 is 15.9 Å². The molecule has 0 radical (unpaired) electrons. The zero-order valence-corrected chi connectivity index (χ0v) is 18.3. The molecule has 2 aromatic carbocycles. The van der Waals surface area contributed by atoms with Gasteiger partial charge in [0.05, 0.1) is 17.7 Å². The lowest BCUT2D eigenvalue weighted by Gasteiger charge is -2.21. The van der Waals surface area contributed by atoms with E-state index in [1.807, 2.05) is 59.3 Å². The highest BCUT2D eigenvalue weighted by Crippen LogP contribution is 2.35. The summed E-state index contributed by atoms with van der Waals surface area (Å²) >= 11 is 3.58. The number of nitrogens with zero attached hydrogens (tertiary/aromatic N) is 4. The Balaban J connectivity index is 1.38. The molecule has 3 heterocycles. The van der Waals surface area contributed by atoms with Crippen molar-refractivity contribution in [1.29, 1.82) is 0 Å². The van der Waals surface area contributed by atoms with Crippen molar-refractivity contribution in [1.82, 2.24) is 25.1 Å². The van der Waals surface area contributed by atoms with Crippen molar-refractivity contribution in [2.24, 2.45) is 0 Å². The number of benzene rings is 2. The number of H-pyrrole nitrogens is 1. The molecule has 0 aliphatic carbocycles. The molecule has 1 aliphatic rings. The Hall–Kier alpha value is -3.46. The standard InChI is InChI=1S/C22H19BrN6O2/c1-28-17-9-5-8-14-15(23)11-29(19(14)17)12-16(22(28)31)24-21(30)20-25-18(26-27-20)10-13-6-3-2-4-7-13/h2-9,11,16H,10,12H2,1H3,(H,24,30)(H,25,26,27). The molecule has 8 nitrogen and oxygen atoms in total. The van der Waals surface area contributed by atoms with Gasteiger partial charge in [-0.25, -0.2) is 0 Å². The summed E-state index contributed by atoms with van der Waals surface area (Å²) < 4.78 is 2.93. The minimum absolute atomic E-state index is 0.0852. The summed E-state index contributed by atoms with van der Waals surface area (Å²) in [6.45, 7) is 0.318. The molecule has 1 aliphatic heterocycles. The molecular weight excluding hydrogens is 460 g/mol. The van der Waals surface area contributed by atoms with Gasteiger partial charge in [-0.2, -0.15) is 0 Å². The molecule has 0 saturated heterocycles. The molecule has 156 valence electrons. The molecule has 0 bridgehead atoms. The summed E-state index contributed by atoms with van der Waals surface area (Å²) in [6.07, 6.45) is 2.48. The van der Waals surface area contributed by atoms with Crippen LogP contribution in [0.15, 0.2) is 59.2 Å². The maximum absolute atomic E-state index is 13.1. The third kappa shape index (κ3) is 3.50. The van der Waals surface area contributed by atoms with E-state index in [0.717, 1.165) is 26.6 Å². The number of rotatable bonds is 4. The third-order valence-electron chi connectivity index (χ3n) is 5.47. The van der Waals surface area contributed by atoms with Crippen LogP contribution in [0.25, 0.3) is 10.9 Å². The summed E-state index contributed by atoms with van der Waals surface area (Å²) in [5, 5.41) is 11.9. The summed E-state index contributed by atoms with van der Waals surface area (Å²) in [5.74, 6) is 0.0165. The Bertz CT molecular complexity index is 1300. The first-order chi connectivity index (χ1) is 15.0. The van der Waals surface area contributed by atoms with Gasteiger partial charge in [-0.1, -0.05) is 42.5 Å². The molecule has 2 N–H and O–H groups in total. The largest absolute Gasteiger partial charge is 0.342 e. The van der Waals surface area contributed by atoms with Crippen LogP contribution in [0, 0.1) is 0 Å². The van der Waals surface area contributed by atoms with Crippen molar-refractivity contribution in [2.45, 2.75) is 19.0 Å². The van der Waals surface area contributed by atoms with Gasteiger partial charge in [-0.15, -0.1) is 10.2 Å². The second kappa shape index (κ2) is 7.66. The van der Waals surface area contributed by atoms with Crippen LogP contribution in [0.4, 0.5) is 5.69 Å². The Morgan fingerprint density at radius 3 is 2.81 bits per heavy atom. The number of hydrogen-bond acceptors (Lipinski definition) is 4. The third-order valence-corrected chi connectivity index (χ3v) is 6.10. The monoisotopic (exact) mass is 478 g/mol. The number of carbonyl (C=O) groups excluding carboxylic acids is 2. The van der Waals surface area contributed by atoms with Crippen molar-refractivity contribution in [3.8, 4) is 0 Å². The van der Waals surface area contributed by atoms with Gasteiger partial charge in [0, 0.05) is 29.5 Å². The number of halogens is 1. The molecule has 5 rings (SSSR count). The molecule has 2 amide bonds. The van der Waals surface area contributed by atoms with E-state index in [1.165, 1.54) is 0 Å². The molecule has 2 aromatic heterocycles. The summed E-state index contributed by atoms with van der Waals surface area (Å²) in [5.41, 5.74) is 2.81. The maximum Gasteiger partial charge on any atom is 0.289 e. The molecule has 0 saturated carbocycles. The van der Waals surface area contributed by atoms with Gasteiger partial charge in [0.15, 0.2) is 0 Å². The van der Waals surface area contributed by atoms with E-state index in [-0.39, 0.29) is 11.7 Å². The molecular formula is C22H19BrN6O2. The van der Waals surface area contributed by atoms with Gasteiger partial charge in [0.1, 0.15) is 11.9 Å². The van der Waals surface area contributed by atoms with Crippen molar-refractivity contribution in [2.75, 3.05) is 11.9 Å². The van der Waals surface area contributed by atoms with Crippen molar-refractivity contribution >= 4 is 44.3 Å². The average Bonchev–Trinajstić information content (AvgIpc) is 3.35. The van der Waals surface area contributed by atoms with Gasteiger partial charge >= 0.3 is 0 Å². The normalized spacial score (nSPS) is 15.9. The summed E-state index contributed by atoms with van der Waals surface area (Å²) in [4.78, 5) is 30.5. The number of aromatic amines is 1. The van der Waals surface area contributed by atoms with Gasteiger partial charge < -0.3 is 19.8 Å². The Labute approximate surface area is 186 Å². The molecule has 1 atom stereocenters. The van der Waals surface area contributed by atoms with E-state index < -0.39 is 11.9 Å². The second-order valence-electron chi connectivity index (χ2n) is 7.51. The van der Waals surface area contributed by atoms with Crippen molar-refractivity contribution in [3.63, 3.8) is 0 Å². The highest BCUT2D eigenvalue weighted by Gasteiger charge is 2.31. The van der Waals surface area contributed by atoms with Gasteiger partial charge in [0.2, 0.25) is 5.82 Å². The number of hydrogen-bond donors (Lipinski definition) is 2. The Kier molecular flexibility index (Phi) is 4.82. The molecule has 0 spiro atoms. The second-order valence-corrected chi connectivity index (χ2v) is 8.36. The highest BCUT2D eigenvalue weighted by atomic mass is 79.9. The Morgan fingerprint density at radius 2 is 2.00 bits per heavy atom. The first kappa shape index (κ1) is 19.5. The minimum atomic E-state index is -0.741. The maximum atomic E-state index is 13.1. The van der Waals surface area contributed by atoms with Crippen molar-refractivity contribution in [3.05, 3.63) is 76.4 Å². The van der Waals surface area contributed by atoms with Gasteiger partial charge in [-0.3, -0.25) is 9.59 Å². The molecule has 0 fully saturated rings. The molecule has 9 heteroatoms. The van der Waals surface area contributed by atoms with E-state index in [1.54, 1.807) is 11.9 Å². The topological polar surface area (TPSA) is 95.9 Å². The number of para-hydroxylation sites is 1. The first-order valence-corrected chi connectivity index (χ1v) is 10.6. The minimum Gasteiger partial charge on any atom is -0.342 e.